The third-order valence-electron chi connectivity index (χ3n) is 4.26. The van der Waals surface area contributed by atoms with Crippen LogP contribution in [-0.2, 0) is 11.2 Å². The van der Waals surface area contributed by atoms with Crippen molar-refractivity contribution < 1.29 is 18.7 Å². The van der Waals surface area contributed by atoms with Crippen LogP contribution in [0.4, 0.5) is 5.82 Å². The summed E-state index contributed by atoms with van der Waals surface area (Å²) < 4.78 is 16.3. The second-order valence-corrected chi connectivity index (χ2v) is 6.31. The molecule has 0 atom stereocenters. The van der Waals surface area contributed by atoms with Crippen molar-refractivity contribution in [2.75, 3.05) is 25.1 Å². The van der Waals surface area contributed by atoms with Crippen LogP contribution in [0.3, 0.4) is 0 Å². The maximum Gasteiger partial charge on any atom is 0.342 e. The number of furan rings is 1. The molecule has 0 unspecified atom stereocenters. The molecule has 7 nitrogen and oxygen atoms in total. The number of carbonyl (C=O) groups excluding carboxylic acids is 1. The fourth-order valence-electron chi connectivity index (χ4n) is 3.04. The molecule has 1 aromatic carbocycles. The lowest BCUT2D eigenvalue weighted by Gasteiger charge is -2.09. The topological polar surface area (TPSA) is 86.5 Å². The zero-order valence-corrected chi connectivity index (χ0v) is 16.7. The van der Waals surface area contributed by atoms with Crippen molar-refractivity contribution in [2.45, 2.75) is 34.1 Å². The minimum Gasteiger partial charge on any atom is -0.494 e. The van der Waals surface area contributed by atoms with E-state index in [-0.39, 0.29) is 6.61 Å². The van der Waals surface area contributed by atoms with Crippen molar-refractivity contribution in [1.29, 1.82) is 0 Å². The van der Waals surface area contributed by atoms with Gasteiger partial charge in [0.2, 0.25) is 5.71 Å². The van der Waals surface area contributed by atoms with E-state index in [1.54, 1.807) is 20.8 Å². The molecule has 1 N–H and O–H groups in total. The monoisotopic (exact) mass is 383 g/mol. The van der Waals surface area contributed by atoms with Gasteiger partial charge in [0, 0.05) is 6.54 Å². The number of fused-ring (bicyclic) bond motifs is 1. The van der Waals surface area contributed by atoms with Gasteiger partial charge in [-0.15, -0.1) is 0 Å². The molecule has 0 bridgehead atoms. The molecule has 0 saturated heterocycles. The van der Waals surface area contributed by atoms with Gasteiger partial charge in [0.1, 0.15) is 28.7 Å². The van der Waals surface area contributed by atoms with Gasteiger partial charge in [-0.05, 0) is 51.8 Å². The summed E-state index contributed by atoms with van der Waals surface area (Å²) in [4.78, 5) is 21.2. The summed E-state index contributed by atoms with van der Waals surface area (Å²) in [5.41, 5.74) is 1.93. The number of hydrogen-bond acceptors (Lipinski definition) is 7. The van der Waals surface area contributed by atoms with E-state index < -0.39 is 5.97 Å². The highest BCUT2D eigenvalue weighted by Gasteiger charge is 2.24. The molecule has 3 rings (SSSR count). The zero-order chi connectivity index (χ0) is 20.1. The molecular weight excluding hydrogens is 358 g/mol. The van der Waals surface area contributed by atoms with E-state index in [1.807, 2.05) is 31.2 Å². The van der Waals surface area contributed by atoms with E-state index in [4.69, 9.17) is 13.9 Å². The van der Waals surface area contributed by atoms with Gasteiger partial charge in [-0.25, -0.2) is 9.78 Å². The predicted molar refractivity (Wildman–Crippen MR) is 107 cm³/mol. The summed E-state index contributed by atoms with van der Waals surface area (Å²) in [5.74, 6) is 2.05. The Morgan fingerprint density at radius 1 is 1.11 bits per heavy atom. The predicted octanol–water partition coefficient (Wildman–Crippen LogP) is 4.07. The molecule has 28 heavy (non-hydrogen) atoms. The molecule has 148 valence electrons. The molecule has 0 fully saturated rings. The quantitative estimate of drug-likeness (QED) is 0.587. The first kappa shape index (κ1) is 19.7. The van der Waals surface area contributed by atoms with Crippen LogP contribution in [0.2, 0.25) is 0 Å². The number of anilines is 1. The number of benzene rings is 1. The maximum atomic E-state index is 12.4. The summed E-state index contributed by atoms with van der Waals surface area (Å²) in [6.07, 6.45) is 0.794. The summed E-state index contributed by atoms with van der Waals surface area (Å²) in [7, 11) is 0. The molecule has 0 amide bonds. The van der Waals surface area contributed by atoms with Crippen LogP contribution >= 0.6 is 0 Å². The van der Waals surface area contributed by atoms with Crippen LogP contribution in [0, 0.1) is 13.8 Å². The van der Waals surface area contributed by atoms with E-state index >= 15 is 0 Å². The molecule has 0 radical (unpaired) electrons. The Morgan fingerprint density at radius 2 is 1.86 bits per heavy atom. The third kappa shape index (κ3) is 4.24. The maximum absolute atomic E-state index is 12.4. The first-order valence-electron chi connectivity index (χ1n) is 9.44. The fourth-order valence-corrected chi connectivity index (χ4v) is 3.04. The Morgan fingerprint density at radius 3 is 2.54 bits per heavy atom. The standard InChI is InChI=1S/C21H25N3O4/c1-5-26-16-9-7-15(8-10-16)11-12-22-19-18-17(21(25)27-6-2)13(3)28-20(18)24-14(4)23-19/h7-10H,5-6,11-12H2,1-4H3,(H,22,23,24). The van der Waals surface area contributed by atoms with E-state index in [2.05, 4.69) is 15.3 Å². The van der Waals surface area contributed by atoms with Crippen LogP contribution in [-0.4, -0.2) is 35.7 Å². The van der Waals surface area contributed by atoms with Gasteiger partial charge < -0.3 is 19.2 Å². The largest absolute Gasteiger partial charge is 0.494 e. The summed E-state index contributed by atoms with van der Waals surface area (Å²) in [5, 5.41) is 3.88. The molecule has 0 aliphatic carbocycles. The average Bonchev–Trinajstić information content (AvgIpc) is 2.99. The van der Waals surface area contributed by atoms with Gasteiger partial charge >= 0.3 is 5.97 Å². The van der Waals surface area contributed by atoms with Gasteiger partial charge in [0.05, 0.1) is 18.6 Å². The third-order valence-corrected chi connectivity index (χ3v) is 4.26. The molecule has 0 aliphatic rings. The highest BCUT2D eigenvalue weighted by atomic mass is 16.5. The van der Waals surface area contributed by atoms with Crippen molar-refractivity contribution in [3.8, 4) is 5.75 Å². The van der Waals surface area contributed by atoms with E-state index in [0.717, 1.165) is 12.2 Å². The smallest absolute Gasteiger partial charge is 0.342 e. The fraction of sp³-hybridized carbons (Fsp3) is 0.381. The number of nitrogens with one attached hydrogen (secondary N) is 1. The number of ether oxygens (including phenoxy) is 2. The Labute approximate surface area is 164 Å². The van der Waals surface area contributed by atoms with Crippen LogP contribution in [0.1, 0.15) is 41.4 Å². The van der Waals surface area contributed by atoms with E-state index in [1.165, 1.54) is 5.56 Å². The van der Waals surface area contributed by atoms with Crippen LogP contribution in [0.25, 0.3) is 11.1 Å². The highest BCUT2D eigenvalue weighted by molar-refractivity contribution is 6.07. The van der Waals surface area contributed by atoms with Crippen LogP contribution < -0.4 is 10.1 Å². The number of aryl methyl sites for hydroxylation is 2. The molecule has 2 aromatic heterocycles. The van der Waals surface area contributed by atoms with Crippen molar-refractivity contribution >= 4 is 22.9 Å². The molecular formula is C21H25N3O4. The Balaban J connectivity index is 1.81. The summed E-state index contributed by atoms with van der Waals surface area (Å²) >= 11 is 0. The van der Waals surface area contributed by atoms with Crippen molar-refractivity contribution in [2.24, 2.45) is 0 Å². The lowest BCUT2D eigenvalue weighted by molar-refractivity contribution is 0.0526. The SMILES string of the molecule is CCOC(=O)c1c(C)oc2nc(C)nc(NCCc3ccc(OCC)cc3)c12. The van der Waals surface area contributed by atoms with E-state index in [0.29, 0.717) is 47.2 Å². The first-order chi connectivity index (χ1) is 13.5. The Bertz CT molecular complexity index is 964. The average molecular weight is 383 g/mol. The minimum absolute atomic E-state index is 0.290. The Kier molecular flexibility index (Phi) is 6.13. The van der Waals surface area contributed by atoms with Gasteiger partial charge in [0.25, 0.3) is 0 Å². The number of aromatic nitrogens is 2. The molecule has 7 heteroatoms. The molecule has 0 spiro atoms. The number of esters is 1. The van der Waals surface area contributed by atoms with Gasteiger partial charge in [-0.1, -0.05) is 12.1 Å². The number of nitrogens with zero attached hydrogens (tertiary/aromatic N) is 2. The lowest BCUT2D eigenvalue weighted by atomic mass is 10.1. The minimum atomic E-state index is -0.430. The number of hydrogen-bond donors (Lipinski definition) is 1. The molecule has 0 saturated carbocycles. The number of rotatable bonds is 8. The van der Waals surface area contributed by atoms with Gasteiger partial charge in [0.15, 0.2) is 0 Å². The van der Waals surface area contributed by atoms with Crippen LogP contribution in [0.15, 0.2) is 28.7 Å². The van der Waals surface area contributed by atoms with Gasteiger partial charge in [-0.2, -0.15) is 4.98 Å². The molecule has 0 aliphatic heterocycles. The second-order valence-electron chi connectivity index (χ2n) is 6.31. The first-order valence-corrected chi connectivity index (χ1v) is 9.44. The van der Waals surface area contributed by atoms with Crippen LogP contribution in [0.5, 0.6) is 5.75 Å². The Hall–Kier alpha value is -3.09. The lowest BCUT2D eigenvalue weighted by Crippen LogP contribution is -2.10. The zero-order valence-electron chi connectivity index (χ0n) is 16.7. The van der Waals surface area contributed by atoms with Crippen molar-refractivity contribution in [3.63, 3.8) is 0 Å². The summed E-state index contributed by atoms with van der Waals surface area (Å²) in [6.45, 7) is 8.84. The molecule has 2 heterocycles. The second kappa shape index (κ2) is 8.73. The molecule has 3 aromatic rings. The van der Waals surface area contributed by atoms with Crippen molar-refractivity contribution in [1.82, 2.24) is 9.97 Å². The number of carbonyl (C=O) groups is 1. The van der Waals surface area contributed by atoms with E-state index in [9.17, 15) is 4.79 Å². The normalized spacial score (nSPS) is 10.9. The highest BCUT2D eigenvalue weighted by Crippen LogP contribution is 2.30. The van der Waals surface area contributed by atoms with Crippen molar-refractivity contribution in [3.05, 3.63) is 47.0 Å². The summed E-state index contributed by atoms with van der Waals surface area (Å²) in [6, 6.07) is 8.01. The van der Waals surface area contributed by atoms with Gasteiger partial charge in [-0.3, -0.25) is 0 Å².